The third-order valence-electron chi connectivity index (χ3n) is 4.43. The molecule has 2 aromatic rings. The van der Waals surface area contributed by atoms with Crippen molar-refractivity contribution in [2.24, 2.45) is 0 Å². The van der Waals surface area contributed by atoms with Crippen LogP contribution in [0.4, 0.5) is 5.95 Å². The molecule has 0 aliphatic carbocycles. The summed E-state index contributed by atoms with van der Waals surface area (Å²) in [6.07, 6.45) is 0. The van der Waals surface area contributed by atoms with E-state index in [1.807, 2.05) is 45.0 Å². The predicted octanol–water partition coefficient (Wildman–Crippen LogP) is 1.84. The molecular formula is C17H22N6O2. The number of carbonyl (C=O) groups excluding carboxylic acids is 1. The quantitative estimate of drug-likeness (QED) is 0.892. The maximum Gasteiger partial charge on any atom is 0.254 e. The highest BCUT2D eigenvalue weighted by atomic mass is 16.5. The van der Waals surface area contributed by atoms with Gasteiger partial charge in [-0.1, -0.05) is 17.2 Å². The Bertz CT molecular complexity index is 792. The number of ether oxygens (including phenoxy) is 1. The zero-order valence-corrected chi connectivity index (χ0v) is 14.9. The van der Waals surface area contributed by atoms with E-state index in [1.54, 1.807) is 16.7 Å². The number of fused-ring (bicyclic) bond motifs is 1. The van der Waals surface area contributed by atoms with Crippen molar-refractivity contribution in [3.63, 3.8) is 0 Å². The molecule has 0 bridgehead atoms. The number of anilines is 1. The fraction of sp³-hybridized carbons (Fsp3) is 0.412. The molecule has 1 aliphatic rings. The van der Waals surface area contributed by atoms with Gasteiger partial charge in [0.2, 0.25) is 5.95 Å². The average molecular weight is 342 g/mol. The number of likely N-dealkylation sites (N-methyl/N-ethyl adjacent to an activating group) is 1. The van der Waals surface area contributed by atoms with Gasteiger partial charge in [-0.15, -0.1) is 0 Å². The second kappa shape index (κ2) is 6.92. The number of nitrogens with one attached hydrogen (secondary N) is 1. The van der Waals surface area contributed by atoms with Crippen LogP contribution in [0.25, 0.3) is 0 Å². The number of rotatable bonds is 5. The normalized spacial score (nSPS) is 16.2. The van der Waals surface area contributed by atoms with Gasteiger partial charge < -0.3 is 15.0 Å². The first-order valence-corrected chi connectivity index (χ1v) is 8.29. The van der Waals surface area contributed by atoms with E-state index in [4.69, 9.17) is 4.74 Å². The Morgan fingerprint density at radius 2 is 1.96 bits per heavy atom. The van der Waals surface area contributed by atoms with Gasteiger partial charge in [-0.05, 0) is 48.9 Å². The number of aromatic nitrogens is 4. The van der Waals surface area contributed by atoms with Crippen molar-refractivity contribution in [3.8, 4) is 5.75 Å². The SMILES string of the molecule is CCN(CC)C(=O)C1=C(C)Nc2nnnn2C1c1ccc(OC)cc1. The second-order valence-corrected chi connectivity index (χ2v) is 5.76. The van der Waals surface area contributed by atoms with E-state index >= 15 is 0 Å². The lowest BCUT2D eigenvalue weighted by Crippen LogP contribution is -2.38. The third-order valence-corrected chi connectivity index (χ3v) is 4.43. The molecule has 1 N–H and O–H groups in total. The molecule has 0 saturated carbocycles. The third kappa shape index (κ3) is 2.95. The number of amides is 1. The first-order valence-electron chi connectivity index (χ1n) is 8.29. The number of nitrogens with zero attached hydrogens (tertiary/aromatic N) is 5. The number of benzene rings is 1. The molecule has 1 unspecified atom stereocenters. The minimum Gasteiger partial charge on any atom is -0.497 e. The van der Waals surface area contributed by atoms with Crippen molar-refractivity contribution in [3.05, 3.63) is 41.1 Å². The number of carbonyl (C=O) groups is 1. The highest BCUT2D eigenvalue weighted by Crippen LogP contribution is 2.35. The van der Waals surface area contributed by atoms with Crippen molar-refractivity contribution in [1.29, 1.82) is 0 Å². The maximum atomic E-state index is 13.1. The summed E-state index contributed by atoms with van der Waals surface area (Å²) >= 11 is 0. The zero-order chi connectivity index (χ0) is 18.0. The van der Waals surface area contributed by atoms with Crippen LogP contribution in [0.15, 0.2) is 35.5 Å². The Hall–Kier alpha value is -2.90. The van der Waals surface area contributed by atoms with Crippen LogP contribution in [0.1, 0.15) is 32.4 Å². The smallest absolute Gasteiger partial charge is 0.254 e. The van der Waals surface area contributed by atoms with Crippen LogP contribution < -0.4 is 10.1 Å². The summed E-state index contributed by atoms with van der Waals surface area (Å²) in [5.41, 5.74) is 2.33. The number of methoxy groups -OCH3 is 1. The summed E-state index contributed by atoms with van der Waals surface area (Å²) < 4.78 is 6.88. The fourth-order valence-electron chi connectivity index (χ4n) is 3.06. The van der Waals surface area contributed by atoms with Gasteiger partial charge in [-0.25, -0.2) is 0 Å². The Morgan fingerprint density at radius 3 is 2.56 bits per heavy atom. The van der Waals surface area contributed by atoms with Crippen molar-refractivity contribution in [2.75, 3.05) is 25.5 Å². The summed E-state index contributed by atoms with van der Waals surface area (Å²) in [7, 11) is 1.62. The maximum absolute atomic E-state index is 13.1. The molecule has 0 radical (unpaired) electrons. The first-order chi connectivity index (χ1) is 12.1. The molecule has 1 aliphatic heterocycles. The lowest BCUT2D eigenvalue weighted by atomic mass is 9.94. The van der Waals surface area contributed by atoms with Gasteiger partial charge in [-0.3, -0.25) is 4.79 Å². The summed E-state index contributed by atoms with van der Waals surface area (Å²) in [6.45, 7) is 7.11. The molecule has 3 rings (SSSR count). The van der Waals surface area contributed by atoms with Crippen LogP contribution >= 0.6 is 0 Å². The summed E-state index contributed by atoms with van der Waals surface area (Å²) in [4.78, 5) is 14.9. The van der Waals surface area contributed by atoms with E-state index in [1.165, 1.54) is 0 Å². The van der Waals surface area contributed by atoms with Gasteiger partial charge in [0.15, 0.2) is 0 Å². The van der Waals surface area contributed by atoms with Crippen LogP contribution in [-0.4, -0.2) is 51.2 Å². The van der Waals surface area contributed by atoms with E-state index in [0.717, 1.165) is 17.0 Å². The van der Waals surface area contributed by atoms with E-state index in [0.29, 0.717) is 24.6 Å². The Labute approximate surface area is 146 Å². The molecule has 8 nitrogen and oxygen atoms in total. The molecule has 25 heavy (non-hydrogen) atoms. The molecule has 1 atom stereocenters. The van der Waals surface area contributed by atoms with Crippen LogP contribution in [0, 0.1) is 0 Å². The van der Waals surface area contributed by atoms with Crippen molar-refractivity contribution < 1.29 is 9.53 Å². The zero-order valence-electron chi connectivity index (χ0n) is 14.9. The average Bonchev–Trinajstić information content (AvgIpc) is 3.09. The van der Waals surface area contributed by atoms with Gasteiger partial charge in [0, 0.05) is 18.8 Å². The standard InChI is InChI=1S/C17H22N6O2/c1-5-22(6-2)16(24)14-11(3)18-17-19-20-21-23(17)15(14)12-7-9-13(25-4)10-8-12/h7-10,15H,5-6H2,1-4H3,(H,18,19,21). The lowest BCUT2D eigenvalue weighted by Gasteiger charge is -2.31. The van der Waals surface area contributed by atoms with Crippen LogP contribution in [0.3, 0.4) is 0 Å². The molecule has 0 saturated heterocycles. The largest absolute Gasteiger partial charge is 0.497 e. The van der Waals surface area contributed by atoms with Gasteiger partial charge in [0.25, 0.3) is 5.91 Å². The first kappa shape index (κ1) is 16.9. The Kier molecular flexibility index (Phi) is 4.69. The lowest BCUT2D eigenvalue weighted by molar-refractivity contribution is -0.127. The second-order valence-electron chi connectivity index (χ2n) is 5.76. The predicted molar refractivity (Wildman–Crippen MR) is 93.2 cm³/mol. The van der Waals surface area contributed by atoms with Crippen LogP contribution in [-0.2, 0) is 4.79 Å². The summed E-state index contributed by atoms with van der Waals surface area (Å²) in [5.74, 6) is 1.26. The van der Waals surface area contributed by atoms with Gasteiger partial charge in [-0.2, -0.15) is 4.68 Å². The fourth-order valence-corrected chi connectivity index (χ4v) is 3.06. The highest BCUT2D eigenvalue weighted by molar-refractivity contribution is 5.96. The van der Waals surface area contributed by atoms with Gasteiger partial charge in [0.1, 0.15) is 11.8 Å². The van der Waals surface area contributed by atoms with E-state index in [2.05, 4.69) is 20.8 Å². The Morgan fingerprint density at radius 1 is 1.28 bits per heavy atom. The minimum absolute atomic E-state index is 0.0167. The van der Waals surface area contributed by atoms with Crippen molar-refractivity contribution >= 4 is 11.9 Å². The monoisotopic (exact) mass is 342 g/mol. The summed E-state index contributed by atoms with van der Waals surface area (Å²) in [5, 5.41) is 15.0. The molecule has 132 valence electrons. The highest BCUT2D eigenvalue weighted by Gasteiger charge is 2.35. The topological polar surface area (TPSA) is 85.2 Å². The van der Waals surface area contributed by atoms with Gasteiger partial charge >= 0.3 is 0 Å². The molecule has 1 aromatic carbocycles. The minimum atomic E-state index is -0.384. The van der Waals surface area contributed by atoms with E-state index in [9.17, 15) is 4.79 Å². The van der Waals surface area contributed by atoms with E-state index in [-0.39, 0.29) is 11.9 Å². The number of tetrazole rings is 1. The molecule has 2 heterocycles. The number of hydrogen-bond donors (Lipinski definition) is 1. The number of allylic oxidation sites excluding steroid dienone is 1. The Balaban J connectivity index is 2.11. The van der Waals surface area contributed by atoms with Crippen LogP contribution in [0.2, 0.25) is 0 Å². The molecule has 1 aromatic heterocycles. The molecule has 0 fully saturated rings. The molecule has 8 heteroatoms. The molecular weight excluding hydrogens is 320 g/mol. The number of hydrogen-bond acceptors (Lipinski definition) is 6. The van der Waals surface area contributed by atoms with Crippen molar-refractivity contribution in [2.45, 2.75) is 26.8 Å². The van der Waals surface area contributed by atoms with Gasteiger partial charge in [0.05, 0.1) is 12.7 Å². The molecule has 1 amide bonds. The summed E-state index contributed by atoms with van der Waals surface area (Å²) in [6, 6.07) is 7.23. The molecule has 0 spiro atoms. The van der Waals surface area contributed by atoms with Crippen molar-refractivity contribution in [1.82, 2.24) is 25.1 Å². The van der Waals surface area contributed by atoms with E-state index < -0.39 is 0 Å². The van der Waals surface area contributed by atoms with Crippen LogP contribution in [0.5, 0.6) is 5.75 Å².